The number of hydrogen-bond donors (Lipinski definition) is 2. The molecule has 1 aliphatic rings. The lowest BCUT2D eigenvalue weighted by molar-refractivity contribution is -0.130. The molecule has 190 valence electrons. The maximum atomic E-state index is 13.2. The third kappa shape index (κ3) is 5.95. The molecule has 1 heterocycles. The lowest BCUT2D eigenvalue weighted by Gasteiger charge is -2.47. The van der Waals surface area contributed by atoms with Gasteiger partial charge in [0.25, 0.3) is 0 Å². The first-order valence-corrected chi connectivity index (χ1v) is 14.9. The Hall–Kier alpha value is -3.21. The molecule has 10 heteroatoms. The number of rotatable bonds is 10. The number of anilines is 2. The van der Waals surface area contributed by atoms with Gasteiger partial charge in [-0.1, -0.05) is 48.0 Å². The molecule has 0 radical (unpaired) electrons. The molecule has 2 atom stereocenters. The van der Waals surface area contributed by atoms with Crippen molar-refractivity contribution in [2.75, 3.05) is 22.4 Å². The Labute approximate surface area is 212 Å². The van der Waals surface area contributed by atoms with Gasteiger partial charge in [-0.25, -0.2) is 21.6 Å². The summed E-state index contributed by atoms with van der Waals surface area (Å²) in [6.45, 7) is 2.20. The van der Waals surface area contributed by atoms with Gasteiger partial charge in [-0.2, -0.15) is 0 Å². The third-order valence-corrected chi connectivity index (χ3v) is 8.20. The van der Waals surface area contributed by atoms with Gasteiger partial charge in [0.15, 0.2) is 0 Å². The molecule has 0 unspecified atom stereocenters. The summed E-state index contributed by atoms with van der Waals surface area (Å²) in [5, 5.41) is 0. The van der Waals surface area contributed by atoms with Crippen LogP contribution in [0.2, 0.25) is 0 Å². The minimum absolute atomic E-state index is 0.0203. The Morgan fingerprint density at radius 3 is 2.11 bits per heavy atom. The lowest BCUT2D eigenvalue weighted by Crippen LogP contribution is -2.55. The SMILES string of the molecule is Cc1ccc(N2C(=O)[C@H](CCCNS(=O)(=O)c3ccccc3)[C@H]2c2ccc(NS(C)(=O)=O)cc2)cc1. The fourth-order valence-electron chi connectivity index (χ4n) is 4.38. The van der Waals surface area contributed by atoms with Crippen molar-refractivity contribution in [3.05, 3.63) is 90.0 Å². The van der Waals surface area contributed by atoms with Crippen molar-refractivity contribution in [3.63, 3.8) is 0 Å². The molecule has 1 aliphatic heterocycles. The van der Waals surface area contributed by atoms with Crippen molar-refractivity contribution in [1.82, 2.24) is 4.72 Å². The summed E-state index contributed by atoms with van der Waals surface area (Å²) in [6.07, 6.45) is 2.09. The number of β-lactam (4-membered cyclic amide) rings is 1. The van der Waals surface area contributed by atoms with Crippen molar-refractivity contribution < 1.29 is 21.6 Å². The summed E-state index contributed by atoms with van der Waals surface area (Å²) in [6, 6.07) is 22.6. The standard InChI is InChI=1S/C26H29N3O5S2/c1-19-10-16-22(17-11-19)29-25(20-12-14-21(15-13-20)28-35(2,31)32)24(26(29)30)9-6-18-27-36(33,34)23-7-4-3-5-8-23/h3-5,7-8,10-17,24-25,27-28H,6,9,18H2,1-2H3/t24-,25-/m1/s1. The first kappa shape index (κ1) is 25.9. The van der Waals surface area contributed by atoms with Crippen molar-refractivity contribution in [2.24, 2.45) is 5.92 Å². The van der Waals surface area contributed by atoms with Crippen LogP contribution in [0.4, 0.5) is 11.4 Å². The van der Waals surface area contributed by atoms with E-state index in [2.05, 4.69) is 9.44 Å². The second kappa shape index (κ2) is 10.4. The molecule has 8 nitrogen and oxygen atoms in total. The zero-order valence-electron chi connectivity index (χ0n) is 20.1. The van der Waals surface area contributed by atoms with Gasteiger partial charge < -0.3 is 4.90 Å². The van der Waals surface area contributed by atoms with Gasteiger partial charge in [0.05, 0.1) is 23.1 Å². The average molecular weight is 528 g/mol. The molecule has 1 saturated heterocycles. The highest BCUT2D eigenvalue weighted by Crippen LogP contribution is 2.45. The summed E-state index contributed by atoms with van der Waals surface area (Å²) in [5.41, 5.74) is 3.20. The van der Waals surface area contributed by atoms with Gasteiger partial charge in [-0.05, 0) is 61.7 Å². The first-order chi connectivity index (χ1) is 17.0. The second-order valence-electron chi connectivity index (χ2n) is 8.94. The van der Waals surface area contributed by atoms with E-state index in [0.717, 1.165) is 23.1 Å². The monoisotopic (exact) mass is 527 g/mol. The number of hydrogen-bond acceptors (Lipinski definition) is 5. The highest BCUT2D eigenvalue weighted by Gasteiger charge is 2.48. The van der Waals surface area contributed by atoms with Crippen molar-refractivity contribution in [3.8, 4) is 0 Å². The number of benzene rings is 3. The largest absolute Gasteiger partial charge is 0.304 e. The van der Waals surface area contributed by atoms with Gasteiger partial charge in [-0.3, -0.25) is 9.52 Å². The Bertz CT molecular complexity index is 1420. The van der Waals surface area contributed by atoms with Crippen LogP contribution in [0.5, 0.6) is 0 Å². The van der Waals surface area contributed by atoms with E-state index in [9.17, 15) is 21.6 Å². The number of carbonyl (C=O) groups excluding carboxylic acids is 1. The summed E-state index contributed by atoms with van der Waals surface area (Å²) >= 11 is 0. The van der Waals surface area contributed by atoms with Crippen LogP contribution in [0, 0.1) is 12.8 Å². The minimum atomic E-state index is -3.61. The Morgan fingerprint density at radius 2 is 1.50 bits per heavy atom. The normalized spacial score (nSPS) is 18.1. The van der Waals surface area contributed by atoms with Gasteiger partial charge in [0.2, 0.25) is 26.0 Å². The van der Waals surface area contributed by atoms with Crippen LogP contribution in [-0.2, 0) is 24.8 Å². The summed E-state index contributed by atoms with van der Waals surface area (Å²) < 4.78 is 53.1. The molecule has 0 aromatic heterocycles. The van der Waals surface area contributed by atoms with Crippen molar-refractivity contribution in [1.29, 1.82) is 0 Å². The van der Waals surface area contributed by atoms with Crippen molar-refractivity contribution >= 4 is 37.3 Å². The zero-order chi connectivity index (χ0) is 25.9. The van der Waals surface area contributed by atoms with E-state index in [-0.39, 0.29) is 29.3 Å². The van der Waals surface area contributed by atoms with E-state index in [1.165, 1.54) is 12.1 Å². The fraction of sp³-hybridized carbons (Fsp3) is 0.269. The molecule has 3 aromatic rings. The average Bonchev–Trinajstić information content (AvgIpc) is 2.83. The predicted molar refractivity (Wildman–Crippen MR) is 141 cm³/mol. The van der Waals surface area contributed by atoms with E-state index in [1.54, 1.807) is 35.2 Å². The Kier molecular flexibility index (Phi) is 7.49. The van der Waals surface area contributed by atoms with Gasteiger partial charge in [-0.15, -0.1) is 0 Å². The molecule has 36 heavy (non-hydrogen) atoms. The minimum Gasteiger partial charge on any atom is -0.304 e. The quantitative estimate of drug-likeness (QED) is 0.307. The zero-order valence-corrected chi connectivity index (χ0v) is 21.7. The summed E-state index contributed by atoms with van der Waals surface area (Å²) in [4.78, 5) is 15.1. The van der Waals surface area contributed by atoms with E-state index < -0.39 is 20.0 Å². The van der Waals surface area contributed by atoms with Gasteiger partial charge in [0, 0.05) is 17.9 Å². The van der Waals surface area contributed by atoms with Crippen LogP contribution in [0.3, 0.4) is 0 Å². The van der Waals surface area contributed by atoms with Gasteiger partial charge in [0.1, 0.15) is 0 Å². The fourth-order valence-corrected chi connectivity index (χ4v) is 6.04. The smallest absolute Gasteiger partial charge is 0.240 e. The highest BCUT2D eigenvalue weighted by atomic mass is 32.2. The van der Waals surface area contributed by atoms with Crippen LogP contribution >= 0.6 is 0 Å². The number of nitrogens with one attached hydrogen (secondary N) is 2. The summed E-state index contributed by atoms with van der Waals surface area (Å²) in [5.74, 6) is -0.339. The molecule has 3 aromatic carbocycles. The number of aryl methyl sites for hydroxylation is 1. The number of sulfonamides is 2. The molecule has 1 fully saturated rings. The van der Waals surface area contributed by atoms with E-state index in [1.807, 2.05) is 43.3 Å². The number of nitrogens with zero attached hydrogens (tertiary/aromatic N) is 1. The molecule has 0 aliphatic carbocycles. The molecule has 0 saturated carbocycles. The first-order valence-electron chi connectivity index (χ1n) is 11.6. The van der Waals surface area contributed by atoms with E-state index in [0.29, 0.717) is 18.5 Å². The molecule has 4 rings (SSSR count). The molecular weight excluding hydrogens is 498 g/mol. The predicted octanol–water partition coefficient (Wildman–Crippen LogP) is 3.83. The molecule has 1 amide bonds. The van der Waals surface area contributed by atoms with Crippen LogP contribution in [0.25, 0.3) is 0 Å². The number of carbonyl (C=O) groups is 1. The number of amides is 1. The molecule has 2 N–H and O–H groups in total. The molecule has 0 spiro atoms. The lowest BCUT2D eigenvalue weighted by atomic mass is 9.79. The molecule has 0 bridgehead atoms. The topological polar surface area (TPSA) is 113 Å². The van der Waals surface area contributed by atoms with Crippen LogP contribution < -0.4 is 14.3 Å². The van der Waals surface area contributed by atoms with Crippen LogP contribution in [0.1, 0.15) is 30.0 Å². The Morgan fingerprint density at radius 1 is 0.861 bits per heavy atom. The van der Waals surface area contributed by atoms with Crippen LogP contribution in [-0.4, -0.2) is 35.5 Å². The van der Waals surface area contributed by atoms with Crippen molar-refractivity contribution in [2.45, 2.75) is 30.7 Å². The van der Waals surface area contributed by atoms with Crippen LogP contribution in [0.15, 0.2) is 83.8 Å². The second-order valence-corrected chi connectivity index (χ2v) is 12.5. The maximum absolute atomic E-state index is 13.2. The van der Waals surface area contributed by atoms with E-state index >= 15 is 0 Å². The third-order valence-electron chi connectivity index (χ3n) is 6.12. The summed E-state index contributed by atoms with van der Waals surface area (Å²) in [7, 11) is -7.00. The highest BCUT2D eigenvalue weighted by molar-refractivity contribution is 7.92. The maximum Gasteiger partial charge on any atom is 0.240 e. The van der Waals surface area contributed by atoms with E-state index in [4.69, 9.17) is 0 Å². The molecular formula is C26H29N3O5S2. The Balaban J connectivity index is 1.49. The van der Waals surface area contributed by atoms with Gasteiger partial charge >= 0.3 is 0 Å².